The van der Waals surface area contributed by atoms with Gasteiger partial charge < -0.3 is 14.2 Å². The van der Waals surface area contributed by atoms with E-state index in [4.69, 9.17) is 4.74 Å². The number of nitrogens with zero attached hydrogens (tertiary/aromatic N) is 2. The molecule has 0 saturated heterocycles. The van der Waals surface area contributed by atoms with Gasteiger partial charge in [0.15, 0.2) is 6.54 Å². The fraction of sp³-hybridized carbons (Fsp3) is 0.318. The van der Waals surface area contributed by atoms with Crippen molar-refractivity contribution >= 4 is 67.0 Å². The Hall–Kier alpha value is -1.72. The molecular formula is C22H24N2O4S4. The first-order valence-corrected chi connectivity index (χ1v) is 14.6. The van der Waals surface area contributed by atoms with Crippen LogP contribution in [0.4, 0.5) is 5.69 Å². The van der Waals surface area contributed by atoms with E-state index < -0.39 is 10.1 Å². The Balaban J connectivity index is 1.76. The minimum atomic E-state index is -4.25. The molecule has 0 amide bonds. The van der Waals surface area contributed by atoms with Crippen LogP contribution < -0.4 is 14.2 Å². The highest BCUT2D eigenvalue weighted by Gasteiger charge is 2.27. The van der Waals surface area contributed by atoms with Gasteiger partial charge in [-0.2, -0.15) is 4.57 Å². The first-order valence-electron chi connectivity index (χ1n) is 10.1. The Morgan fingerprint density at radius 3 is 2.75 bits per heavy atom. The van der Waals surface area contributed by atoms with Gasteiger partial charge in [0.05, 0.1) is 40.1 Å². The quantitative estimate of drug-likeness (QED) is 0.246. The standard InChI is InChI=1S/C22H24N2O4S4/c1-4-23-18-13-16(29-3)7-9-20(18)30-21(23)14-22-24(10-5-11-32(25,26)27)17-12-15(28-2)6-8-19(17)31-22/h6-9,12-14H,4-5,10-11H2,1-3H3. The molecule has 3 aromatic rings. The third kappa shape index (κ3) is 4.94. The smallest absolute Gasteiger partial charge is 0.265 e. The number of aromatic nitrogens is 1. The topological polar surface area (TPSA) is 73.5 Å². The number of hydrogen-bond donors (Lipinski definition) is 0. The molecular weight excluding hydrogens is 485 g/mol. The summed E-state index contributed by atoms with van der Waals surface area (Å²) in [5.74, 6) is 0.359. The van der Waals surface area contributed by atoms with Gasteiger partial charge in [-0.15, -0.1) is 11.8 Å². The summed E-state index contributed by atoms with van der Waals surface area (Å²) >= 11 is 5.11. The molecule has 0 unspecified atom stereocenters. The number of methoxy groups -OCH3 is 1. The van der Waals surface area contributed by atoms with Crippen LogP contribution in [-0.2, 0) is 16.7 Å². The Kier molecular flexibility index (Phi) is 7.06. The number of hydrogen-bond acceptors (Lipinski definition) is 8. The summed E-state index contributed by atoms with van der Waals surface area (Å²) in [5, 5.41) is 2.14. The SMILES string of the molecule is CCN1/C(=C/c2sc3ccc(OC)cc3[n+]2CCCS(=O)(=O)[O-])Sc2ccc(SC)cc21. The van der Waals surface area contributed by atoms with Crippen molar-refractivity contribution in [2.75, 3.05) is 30.6 Å². The maximum atomic E-state index is 11.1. The van der Waals surface area contributed by atoms with Crippen molar-refractivity contribution in [1.29, 1.82) is 0 Å². The molecule has 2 aromatic carbocycles. The van der Waals surface area contributed by atoms with Crippen LogP contribution in [0.25, 0.3) is 16.3 Å². The number of ether oxygens (including phenoxy) is 1. The van der Waals surface area contributed by atoms with E-state index in [1.165, 1.54) is 15.5 Å². The molecule has 0 fully saturated rings. The predicted octanol–water partition coefficient (Wildman–Crippen LogP) is 4.79. The van der Waals surface area contributed by atoms with Gasteiger partial charge in [0.1, 0.15) is 10.4 Å². The van der Waals surface area contributed by atoms with E-state index in [9.17, 15) is 13.0 Å². The second-order valence-corrected chi connectivity index (χ2v) is 11.7. The van der Waals surface area contributed by atoms with Gasteiger partial charge in [-0.25, -0.2) is 8.42 Å². The molecule has 10 heteroatoms. The van der Waals surface area contributed by atoms with Gasteiger partial charge in [0.25, 0.3) is 5.01 Å². The largest absolute Gasteiger partial charge is 0.748 e. The third-order valence-corrected chi connectivity index (χ3v) is 8.95. The fourth-order valence-electron chi connectivity index (χ4n) is 3.69. The maximum Gasteiger partial charge on any atom is 0.265 e. The minimum absolute atomic E-state index is 0.262. The highest BCUT2D eigenvalue weighted by molar-refractivity contribution is 8.04. The monoisotopic (exact) mass is 508 g/mol. The van der Waals surface area contributed by atoms with Crippen molar-refractivity contribution in [3.63, 3.8) is 0 Å². The van der Waals surface area contributed by atoms with Gasteiger partial charge >= 0.3 is 0 Å². The van der Waals surface area contributed by atoms with Gasteiger partial charge in [0, 0.05) is 28.5 Å². The molecule has 0 bridgehead atoms. The van der Waals surface area contributed by atoms with Gasteiger partial charge in [0.2, 0.25) is 5.52 Å². The van der Waals surface area contributed by atoms with E-state index in [2.05, 4.69) is 46.9 Å². The molecule has 1 aliphatic rings. The number of fused-ring (bicyclic) bond motifs is 2. The lowest BCUT2D eigenvalue weighted by molar-refractivity contribution is -0.668. The number of aryl methyl sites for hydroxylation is 1. The van der Waals surface area contributed by atoms with Crippen LogP contribution in [-0.4, -0.2) is 38.6 Å². The summed E-state index contributed by atoms with van der Waals surface area (Å²) < 4.78 is 42.0. The minimum Gasteiger partial charge on any atom is -0.748 e. The van der Waals surface area contributed by atoms with Crippen molar-refractivity contribution in [3.05, 3.63) is 46.4 Å². The zero-order chi connectivity index (χ0) is 22.9. The predicted molar refractivity (Wildman–Crippen MR) is 133 cm³/mol. The van der Waals surface area contributed by atoms with E-state index in [-0.39, 0.29) is 12.2 Å². The molecule has 0 saturated carbocycles. The summed E-state index contributed by atoms with van der Waals surface area (Å²) in [6.07, 6.45) is 4.50. The molecule has 0 aliphatic carbocycles. The molecule has 170 valence electrons. The number of benzene rings is 2. The van der Waals surface area contributed by atoms with Crippen molar-refractivity contribution in [2.24, 2.45) is 0 Å². The van der Waals surface area contributed by atoms with Gasteiger partial charge in [-0.3, -0.25) is 0 Å². The zero-order valence-electron chi connectivity index (χ0n) is 18.0. The van der Waals surface area contributed by atoms with Crippen molar-refractivity contribution in [1.82, 2.24) is 0 Å². The zero-order valence-corrected chi connectivity index (χ0v) is 21.3. The van der Waals surface area contributed by atoms with Gasteiger partial charge in [-0.1, -0.05) is 23.1 Å². The second-order valence-electron chi connectivity index (χ2n) is 7.20. The molecule has 0 spiro atoms. The van der Waals surface area contributed by atoms with Crippen LogP contribution in [0.15, 0.2) is 51.2 Å². The molecule has 4 rings (SSSR count). The molecule has 6 nitrogen and oxygen atoms in total. The van der Waals surface area contributed by atoms with E-state index >= 15 is 0 Å². The average Bonchev–Trinajstić information content (AvgIpc) is 3.29. The van der Waals surface area contributed by atoms with Gasteiger partial charge in [-0.05, 0) is 43.5 Å². The average molecular weight is 509 g/mol. The van der Waals surface area contributed by atoms with Crippen LogP contribution >= 0.6 is 34.9 Å². The van der Waals surface area contributed by atoms with Crippen LogP contribution in [0, 0.1) is 0 Å². The third-order valence-electron chi connectivity index (χ3n) is 5.21. The van der Waals surface area contributed by atoms with E-state index in [1.807, 2.05) is 18.2 Å². The number of anilines is 1. The molecule has 1 aromatic heterocycles. The van der Waals surface area contributed by atoms with Crippen LogP contribution in [0.1, 0.15) is 18.4 Å². The summed E-state index contributed by atoms with van der Waals surface area (Å²) in [5.41, 5.74) is 2.18. The summed E-state index contributed by atoms with van der Waals surface area (Å²) in [6, 6.07) is 12.4. The molecule has 0 radical (unpaired) electrons. The van der Waals surface area contributed by atoms with Crippen LogP contribution in [0.2, 0.25) is 0 Å². The molecule has 1 aliphatic heterocycles. The Morgan fingerprint density at radius 2 is 2.06 bits per heavy atom. The first-order chi connectivity index (χ1) is 15.3. The maximum absolute atomic E-state index is 11.1. The molecule has 2 heterocycles. The Bertz CT molecular complexity index is 1280. The van der Waals surface area contributed by atoms with E-state index in [0.717, 1.165) is 32.5 Å². The lowest BCUT2D eigenvalue weighted by Gasteiger charge is -2.18. The number of thiazole rings is 1. The number of rotatable bonds is 8. The first kappa shape index (κ1) is 23.4. The fourth-order valence-corrected chi connectivity index (χ4v) is 6.93. The Labute approximate surface area is 201 Å². The Morgan fingerprint density at radius 1 is 1.25 bits per heavy atom. The second kappa shape index (κ2) is 9.64. The normalized spacial score (nSPS) is 15.0. The molecule has 0 atom stereocenters. The highest BCUT2D eigenvalue weighted by Crippen LogP contribution is 2.47. The van der Waals surface area contributed by atoms with Crippen LogP contribution in [0.5, 0.6) is 5.75 Å². The van der Waals surface area contributed by atoms with Crippen LogP contribution in [0.3, 0.4) is 0 Å². The summed E-state index contributed by atoms with van der Waals surface area (Å²) in [6.45, 7) is 3.42. The van der Waals surface area contributed by atoms with Crippen molar-refractivity contribution in [3.8, 4) is 5.75 Å². The van der Waals surface area contributed by atoms with Crippen molar-refractivity contribution in [2.45, 2.75) is 29.7 Å². The van der Waals surface area contributed by atoms with Crippen molar-refractivity contribution < 1.29 is 22.3 Å². The lowest BCUT2D eigenvalue weighted by Crippen LogP contribution is -2.36. The molecule has 32 heavy (non-hydrogen) atoms. The lowest BCUT2D eigenvalue weighted by atomic mass is 10.3. The van der Waals surface area contributed by atoms with E-state index in [1.54, 1.807) is 42.0 Å². The highest BCUT2D eigenvalue weighted by atomic mass is 32.2. The summed E-state index contributed by atoms with van der Waals surface area (Å²) in [7, 11) is -2.62. The van der Waals surface area contributed by atoms with E-state index in [0.29, 0.717) is 6.54 Å². The molecule has 0 N–H and O–H groups in total. The summed E-state index contributed by atoms with van der Waals surface area (Å²) in [4.78, 5) is 4.76. The number of thioether (sulfide) groups is 2.